The van der Waals surface area contributed by atoms with E-state index in [1.807, 2.05) is 0 Å². The quantitative estimate of drug-likeness (QED) is 0.374. The van der Waals surface area contributed by atoms with Gasteiger partial charge < -0.3 is 25.7 Å². The Balaban J connectivity index is 2.81. The SMILES string of the molecule is O=C(O)C1CC=CCC1C(=O)NC(CO)(CO)CO. The molecule has 0 heterocycles. The van der Waals surface area contributed by atoms with Crippen molar-refractivity contribution in [3.8, 4) is 0 Å². The van der Waals surface area contributed by atoms with Crippen molar-refractivity contribution in [2.75, 3.05) is 19.8 Å². The molecule has 0 saturated heterocycles. The highest BCUT2D eigenvalue weighted by Gasteiger charge is 2.38. The average Bonchev–Trinajstić information content (AvgIpc) is 2.44. The number of carboxylic acids is 1. The van der Waals surface area contributed by atoms with Gasteiger partial charge in [-0.3, -0.25) is 9.59 Å². The molecule has 0 fully saturated rings. The predicted octanol–water partition coefficient (Wildman–Crippen LogP) is -1.51. The minimum absolute atomic E-state index is 0.262. The summed E-state index contributed by atoms with van der Waals surface area (Å²) in [5.41, 5.74) is -1.53. The number of carbonyl (C=O) groups is 2. The van der Waals surface area contributed by atoms with Crippen molar-refractivity contribution in [3.63, 3.8) is 0 Å². The molecule has 0 radical (unpaired) electrons. The summed E-state index contributed by atoms with van der Waals surface area (Å²) in [5, 5.41) is 38.8. The lowest BCUT2D eigenvalue weighted by atomic mass is 9.82. The highest BCUT2D eigenvalue weighted by molar-refractivity contribution is 5.85. The topological polar surface area (TPSA) is 127 Å². The monoisotopic (exact) mass is 273 g/mol. The Morgan fingerprint density at radius 2 is 1.53 bits per heavy atom. The molecule has 0 spiro atoms. The Hall–Kier alpha value is -1.44. The van der Waals surface area contributed by atoms with Crippen LogP contribution in [0, 0.1) is 11.8 Å². The van der Waals surface area contributed by atoms with Gasteiger partial charge in [0.25, 0.3) is 0 Å². The van der Waals surface area contributed by atoms with Crippen LogP contribution in [0.15, 0.2) is 12.2 Å². The molecule has 19 heavy (non-hydrogen) atoms. The van der Waals surface area contributed by atoms with Crippen molar-refractivity contribution in [2.24, 2.45) is 11.8 Å². The van der Waals surface area contributed by atoms with Gasteiger partial charge in [-0.2, -0.15) is 0 Å². The van der Waals surface area contributed by atoms with Crippen LogP contribution in [0.4, 0.5) is 0 Å². The van der Waals surface area contributed by atoms with Crippen molar-refractivity contribution < 1.29 is 30.0 Å². The first kappa shape index (κ1) is 15.6. The molecule has 2 unspecified atom stereocenters. The van der Waals surface area contributed by atoms with E-state index in [1.165, 1.54) is 0 Å². The normalized spacial score (nSPS) is 23.1. The van der Waals surface area contributed by atoms with Gasteiger partial charge in [0.15, 0.2) is 0 Å². The lowest BCUT2D eigenvalue weighted by Gasteiger charge is -2.32. The number of aliphatic hydroxyl groups is 3. The number of carbonyl (C=O) groups excluding carboxylic acids is 1. The summed E-state index contributed by atoms with van der Waals surface area (Å²) in [4.78, 5) is 23.1. The van der Waals surface area contributed by atoms with Crippen LogP contribution in [0.1, 0.15) is 12.8 Å². The van der Waals surface area contributed by atoms with E-state index in [2.05, 4.69) is 5.32 Å². The molecular formula is C12H19NO6. The number of amides is 1. The number of allylic oxidation sites excluding steroid dienone is 2. The first-order valence-corrected chi connectivity index (χ1v) is 6.02. The molecule has 0 aromatic heterocycles. The minimum Gasteiger partial charge on any atom is -0.481 e. The molecule has 7 heteroatoms. The van der Waals surface area contributed by atoms with Crippen LogP contribution >= 0.6 is 0 Å². The summed E-state index contributed by atoms with van der Waals surface area (Å²) < 4.78 is 0. The molecule has 0 bridgehead atoms. The van der Waals surface area contributed by atoms with Crippen LogP contribution in [0.2, 0.25) is 0 Å². The second-order valence-corrected chi connectivity index (χ2v) is 4.74. The summed E-state index contributed by atoms with van der Waals surface area (Å²) in [6.07, 6.45) is 3.97. The molecule has 0 aromatic carbocycles. The number of rotatable bonds is 6. The van der Waals surface area contributed by atoms with E-state index in [4.69, 9.17) is 20.4 Å². The molecule has 1 amide bonds. The molecule has 108 valence electrons. The van der Waals surface area contributed by atoms with Crippen LogP contribution < -0.4 is 5.32 Å². The molecule has 0 aromatic rings. The Morgan fingerprint density at radius 3 is 1.95 bits per heavy atom. The van der Waals surface area contributed by atoms with Crippen molar-refractivity contribution in [2.45, 2.75) is 18.4 Å². The van der Waals surface area contributed by atoms with Crippen molar-refractivity contribution >= 4 is 11.9 Å². The lowest BCUT2D eigenvalue weighted by Crippen LogP contribution is -2.59. The minimum atomic E-state index is -1.53. The highest BCUT2D eigenvalue weighted by Crippen LogP contribution is 2.26. The first-order valence-electron chi connectivity index (χ1n) is 6.02. The summed E-state index contributed by atoms with van der Waals surface area (Å²) in [5.74, 6) is -3.26. The lowest BCUT2D eigenvalue weighted by molar-refractivity contribution is -0.148. The molecule has 1 aliphatic rings. The number of aliphatic carboxylic acids is 1. The highest BCUT2D eigenvalue weighted by atomic mass is 16.4. The molecule has 0 saturated carbocycles. The molecular weight excluding hydrogens is 254 g/mol. The first-order chi connectivity index (χ1) is 8.99. The van der Waals surface area contributed by atoms with Crippen molar-refractivity contribution in [1.29, 1.82) is 0 Å². The smallest absolute Gasteiger partial charge is 0.307 e. The zero-order chi connectivity index (χ0) is 14.5. The van der Waals surface area contributed by atoms with E-state index in [1.54, 1.807) is 12.2 Å². The van der Waals surface area contributed by atoms with Crippen molar-refractivity contribution in [1.82, 2.24) is 5.32 Å². The van der Waals surface area contributed by atoms with Gasteiger partial charge in [-0.1, -0.05) is 12.2 Å². The van der Waals surface area contributed by atoms with Gasteiger partial charge in [0.05, 0.1) is 31.7 Å². The van der Waals surface area contributed by atoms with Gasteiger partial charge in [-0.25, -0.2) is 0 Å². The Morgan fingerprint density at radius 1 is 1.05 bits per heavy atom. The van der Waals surface area contributed by atoms with Gasteiger partial charge in [0.1, 0.15) is 5.54 Å². The summed E-state index contributed by atoms with van der Waals surface area (Å²) >= 11 is 0. The van der Waals surface area contributed by atoms with E-state index in [9.17, 15) is 9.59 Å². The number of hydrogen-bond donors (Lipinski definition) is 5. The number of nitrogens with one attached hydrogen (secondary N) is 1. The average molecular weight is 273 g/mol. The van der Waals surface area contributed by atoms with Crippen LogP contribution in [0.5, 0.6) is 0 Å². The van der Waals surface area contributed by atoms with Crippen LogP contribution in [-0.2, 0) is 9.59 Å². The number of carboxylic acid groups (broad SMARTS) is 1. The molecule has 5 N–H and O–H groups in total. The molecule has 0 aliphatic heterocycles. The zero-order valence-corrected chi connectivity index (χ0v) is 10.5. The number of aliphatic hydroxyl groups excluding tert-OH is 3. The van der Waals surface area contributed by atoms with Gasteiger partial charge in [-0.15, -0.1) is 0 Å². The van der Waals surface area contributed by atoms with E-state index in [0.717, 1.165) is 0 Å². The fraction of sp³-hybridized carbons (Fsp3) is 0.667. The maximum Gasteiger partial charge on any atom is 0.307 e. The van der Waals surface area contributed by atoms with E-state index in [-0.39, 0.29) is 12.8 Å². The second kappa shape index (κ2) is 6.65. The summed E-state index contributed by atoms with van der Waals surface area (Å²) in [7, 11) is 0. The maximum absolute atomic E-state index is 12.1. The van der Waals surface area contributed by atoms with E-state index < -0.39 is 49.1 Å². The van der Waals surface area contributed by atoms with Gasteiger partial charge in [0.2, 0.25) is 5.91 Å². The van der Waals surface area contributed by atoms with E-state index in [0.29, 0.717) is 0 Å². The fourth-order valence-corrected chi connectivity index (χ4v) is 2.00. The summed E-state index contributed by atoms with van der Waals surface area (Å²) in [6, 6.07) is 0. The van der Waals surface area contributed by atoms with E-state index >= 15 is 0 Å². The Bertz CT molecular complexity index is 355. The Labute approximate surface area is 110 Å². The standard InChI is InChI=1S/C12H19NO6/c14-5-12(6-15,7-16)13-10(17)8-3-1-2-4-9(8)11(18)19/h1-2,8-9,14-16H,3-7H2,(H,13,17)(H,18,19). The summed E-state index contributed by atoms with van der Waals surface area (Å²) in [6.45, 7) is -1.90. The van der Waals surface area contributed by atoms with Crippen LogP contribution in [0.3, 0.4) is 0 Å². The van der Waals surface area contributed by atoms with Crippen molar-refractivity contribution in [3.05, 3.63) is 12.2 Å². The molecule has 1 aliphatic carbocycles. The molecule has 7 nitrogen and oxygen atoms in total. The van der Waals surface area contributed by atoms with Crippen LogP contribution in [0.25, 0.3) is 0 Å². The fourth-order valence-electron chi connectivity index (χ4n) is 2.00. The third-order valence-electron chi connectivity index (χ3n) is 3.38. The predicted molar refractivity (Wildman–Crippen MR) is 65.1 cm³/mol. The molecule has 2 atom stereocenters. The molecule has 1 rings (SSSR count). The zero-order valence-electron chi connectivity index (χ0n) is 10.5. The van der Waals surface area contributed by atoms with Crippen LogP contribution in [-0.4, -0.2) is 57.7 Å². The largest absolute Gasteiger partial charge is 0.481 e. The number of hydrogen-bond acceptors (Lipinski definition) is 5. The third-order valence-corrected chi connectivity index (χ3v) is 3.38. The van der Waals surface area contributed by atoms with Gasteiger partial charge >= 0.3 is 5.97 Å². The van der Waals surface area contributed by atoms with Gasteiger partial charge in [-0.05, 0) is 12.8 Å². The Kier molecular flexibility index (Phi) is 5.46. The third kappa shape index (κ3) is 3.52. The maximum atomic E-state index is 12.1. The second-order valence-electron chi connectivity index (χ2n) is 4.74. The van der Waals surface area contributed by atoms with Gasteiger partial charge in [0, 0.05) is 0 Å².